The monoisotopic (exact) mass is 280 g/mol. The van der Waals surface area contributed by atoms with Crippen molar-refractivity contribution in [3.63, 3.8) is 0 Å². The van der Waals surface area contributed by atoms with E-state index in [1.54, 1.807) is 17.5 Å². The van der Waals surface area contributed by atoms with Crippen LogP contribution in [0.2, 0.25) is 0 Å². The topological polar surface area (TPSA) is 71.8 Å². The first-order valence-electron chi connectivity index (χ1n) is 5.24. The first-order chi connectivity index (χ1) is 9.15. The second kappa shape index (κ2) is 6.05. The van der Waals surface area contributed by atoms with Gasteiger partial charge in [-0.05, 0) is 24.3 Å². The lowest BCUT2D eigenvalue weighted by molar-refractivity contribution is -0.142. The number of aromatic nitrogens is 1. The Morgan fingerprint density at radius 2 is 2.21 bits per heavy atom. The van der Waals surface area contributed by atoms with E-state index in [9.17, 15) is 9.18 Å². The van der Waals surface area contributed by atoms with Crippen molar-refractivity contribution in [1.29, 1.82) is 0 Å². The van der Waals surface area contributed by atoms with Crippen LogP contribution in [0.5, 0.6) is 0 Å². The van der Waals surface area contributed by atoms with Gasteiger partial charge in [0.05, 0.1) is 11.9 Å². The van der Waals surface area contributed by atoms with Crippen molar-refractivity contribution in [3.05, 3.63) is 41.2 Å². The lowest BCUT2D eigenvalue weighted by Crippen LogP contribution is -2.03. The van der Waals surface area contributed by atoms with Crippen molar-refractivity contribution in [2.24, 2.45) is 5.16 Å². The zero-order valence-corrected chi connectivity index (χ0v) is 10.4. The lowest BCUT2D eigenvalue weighted by Gasteiger charge is -1.94. The molecule has 0 saturated carbocycles. The van der Waals surface area contributed by atoms with E-state index in [4.69, 9.17) is 5.11 Å². The molecule has 0 aliphatic carbocycles. The largest absolute Gasteiger partial charge is 0.479 e. The molecule has 2 aromatic rings. The van der Waals surface area contributed by atoms with Crippen molar-refractivity contribution in [1.82, 2.24) is 4.98 Å². The van der Waals surface area contributed by atoms with Crippen molar-refractivity contribution >= 4 is 23.5 Å². The van der Waals surface area contributed by atoms with Gasteiger partial charge >= 0.3 is 5.97 Å². The summed E-state index contributed by atoms with van der Waals surface area (Å²) in [6, 6.07) is 5.99. The van der Waals surface area contributed by atoms with Crippen molar-refractivity contribution in [2.75, 3.05) is 6.61 Å². The minimum atomic E-state index is -1.09. The molecular weight excluding hydrogens is 271 g/mol. The maximum Gasteiger partial charge on any atom is 0.344 e. The van der Waals surface area contributed by atoms with Gasteiger partial charge in [0.25, 0.3) is 0 Å². The fraction of sp³-hybridized carbons (Fsp3) is 0.0833. The predicted octanol–water partition coefficient (Wildman–Crippen LogP) is 2.38. The van der Waals surface area contributed by atoms with Gasteiger partial charge in [0.2, 0.25) is 6.61 Å². The molecule has 0 spiro atoms. The average molecular weight is 280 g/mol. The second-order valence-electron chi connectivity index (χ2n) is 3.49. The fourth-order valence-electron chi connectivity index (χ4n) is 1.25. The Morgan fingerprint density at radius 1 is 1.47 bits per heavy atom. The smallest absolute Gasteiger partial charge is 0.344 e. The number of benzene rings is 1. The van der Waals surface area contributed by atoms with Gasteiger partial charge in [-0.15, -0.1) is 11.3 Å². The molecule has 0 saturated heterocycles. The molecule has 0 amide bonds. The van der Waals surface area contributed by atoms with Crippen molar-refractivity contribution in [2.45, 2.75) is 0 Å². The van der Waals surface area contributed by atoms with Crippen LogP contribution in [0.3, 0.4) is 0 Å². The van der Waals surface area contributed by atoms with Crippen LogP contribution in [0.25, 0.3) is 10.6 Å². The summed E-state index contributed by atoms with van der Waals surface area (Å²) in [5, 5.41) is 14.3. The number of hydrogen-bond acceptors (Lipinski definition) is 5. The molecule has 1 heterocycles. The average Bonchev–Trinajstić information content (AvgIpc) is 2.84. The maximum absolute atomic E-state index is 12.8. The number of oxime groups is 1. The Hall–Kier alpha value is -2.28. The number of nitrogens with zero attached hydrogens (tertiary/aromatic N) is 2. The molecule has 7 heteroatoms. The molecule has 1 N–H and O–H groups in total. The summed E-state index contributed by atoms with van der Waals surface area (Å²) in [6.07, 6.45) is 1.33. The number of carbonyl (C=O) groups is 1. The number of aliphatic carboxylic acids is 1. The van der Waals surface area contributed by atoms with E-state index in [2.05, 4.69) is 15.0 Å². The summed E-state index contributed by atoms with van der Waals surface area (Å²) in [5.41, 5.74) is 1.35. The van der Waals surface area contributed by atoms with Gasteiger partial charge in [0.15, 0.2) is 0 Å². The van der Waals surface area contributed by atoms with Gasteiger partial charge in [-0.3, -0.25) is 0 Å². The van der Waals surface area contributed by atoms with Crippen molar-refractivity contribution < 1.29 is 19.1 Å². The number of rotatable bonds is 5. The Bertz CT molecular complexity index is 595. The molecule has 0 bridgehead atoms. The molecule has 0 aliphatic rings. The lowest BCUT2D eigenvalue weighted by atomic mass is 10.2. The third-order valence-corrected chi connectivity index (χ3v) is 2.97. The van der Waals surface area contributed by atoms with E-state index in [1.165, 1.54) is 29.7 Å². The number of hydrogen-bond donors (Lipinski definition) is 1. The van der Waals surface area contributed by atoms with Crippen LogP contribution in [0.4, 0.5) is 4.39 Å². The van der Waals surface area contributed by atoms with Crippen LogP contribution in [-0.4, -0.2) is 28.9 Å². The highest BCUT2D eigenvalue weighted by Crippen LogP contribution is 2.23. The van der Waals surface area contributed by atoms with Crippen molar-refractivity contribution in [3.8, 4) is 10.6 Å². The predicted molar refractivity (Wildman–Crippen MR) is 68.7 cm³/mol. The molecule has 5 nitrogen and oxygen atoms in total. The highest BCUT2D eigenvalue weighted by molar-refractivity contribution is 7.13. The van der Waals surface area contributed by atoms with Gasteiger partial charge < -0.3 is 9.94 Å². The molecule has 0 fully saturated rings. The minimum Gasteiger partial charge on any atom is -0.479 e. The van der Waals surface area contributed by atoms with Gasteiger partial charge in [0, 0.05) is 10.9 Å². The van der Waals surface area contributed by atoms with Crippen LogP contribution >= 0.6 is 11.3 Å². The van der Waals surface area contributed by atoms with Gasteiger partial charge in [-0.2, -0.15) is 0 Å². The fourth-order valence-corrected chi connectivity index (χ4v) is 2.03. The molecule has 19 heavy (non-hydrogen) atoms. The molecule has 0 unspecified atom stereocenters. The molecule has 1 aromatic carbocycles. The molecule has 0 aliphatic heterocycles. The van der Waals surface area contributed by atoms with Crippen LogP contribution in [0.15, 0.2) is 34.8 Å². The summed E-state index contributed by atoms with van der Waals surface area (Å²) in [7, 11) is 0. The normalized spacial score (nSPS) is 10.8. The summed E-state index contributed by atoms with van der Waals surface area (Å²) in [6.45, 7) is -0.495. The summed E-state index contributed by atoms with van der Waals surface area (Å²) in [4.78, 5) is 18.9. The van der Waals surface area contributed by atoms with Gasteiger partial charge in [0.1, 0.15) is 10.8 Å². The third-order valence-electron chi connectivity index (χ3n) is 2.06. The molecule has 2 rings (SSSR count). The van der Waals surface area contributed by atoms with E-state index >= 15 is 0 Å². The third kappa shape index (κ3) is 3.85. The first-order valence-corrected chi connectivity index (χ1v) is 6.12. The van der Waals surface area contributed by atoms with Crippen LogP contribution in [0.1, 0.15) is 5.69 Å². The molecule has 1 aromatic heterocycles. The zero-order valence-electron chi connectivity index (χ0n) is 9.62. The Balaban J connectivity index is 2.02. The Labute approximate surface area is 112 Å². The van der Waals surface area contributed by atoms with E-state index in [0.29, 0.717) is 5.69 Å². The number of halogens is 1. The van der Waals surface area contributed by atoms with Crippen LogP contribution < -0.4 is 0 Å². The van der Waals surface area contributed by atoms with E-state index in [0.717, 1.165) is 10.6 Å². The SMILES string of the molecule is O=C(O)CON=Cc1csc(-c2ccc(F)cc2)n1. The molecule has 0 atom stereocenters. The van der Waals surface area contributed by atoms with E-state index < -0.39 is 12.6 Å². The van der Waals surface area contributed by atoms with E-state index in [-0.39, 0.29) is 5.82 Å². The highest BCUT2D eigenvalue weighted by Gasteiger charge is 2.03. The maximum atomic E-state index is 12.8. The summed E-state index contributed by atoms with van der Waals surface area (Å²) in [5.74, 6) is -1.40. The summed E-state index contributed by atoms with van der Waals surface area (Å²) < 4.78 is 12.8. The molecule has 98 valence electrons. The van der Waals surface area contributed by atoms with Crippen LogP contribution in [-0.2, 0) is 9.63 Å². The number of carboxylic acids is 1. The molecule has 0 radical (unpaired) electrons. The van der Waals surface area contributed by atoms with Crippen LogP contribution in [0, 0.1) is 5.82 Å². The Kier molecular flexibility index (Phi) is 4.19. The molecular formula is C12H9FN2O3S. The number of carboxylic acid groups (broad SMARTS) is 1. The summed E-state index contributed by atoms with van der Waals surface area (Å²) >= 11 is 1.38. The number of thiazole rings is 1. The minimum absolute atomic E-state index is 0.302. The first kappa shape index (κ1) is 13.2. The second-order valence-corrected chi connectivity index (χ2v) is 4.34. The van der Waals surface area contributed by atoms with Gasteiger partial charge in [-0.1, -0.05) is 5.16 Å². The highest BCUT2D eigenvalue weighted by atomic mass is 32.1. The van der Waals surface area contributed by atoms with E-state index in [1.807, 2.05) is 0 Å². The van der Waals surface area contributed by atoms with Gasteiger partial charge in [-0.25, -0.2) is 14.2 Å². The zero-order chi connectivity index (χ0) is 13.7. The quantitative estimate of drug-likeness (QED) is 0.674. The standard InChI is InChI=1S/C12H9FN2O3S/c13-9-3-1-8(2-4-9)12-15-10(7-19-12)5-14-18-6-11(16)17/h1-5,7H,6H2,(H,16,17). The Morgan fingerprint density at radius 3 is 2.89 bits per heavy atom.